The van der Waals surface area contributed by atoms with Crippen LogP contribution < -0.4 is 4.74 Å². The predicted molar refractivity (Wildman–Crippen MR) is 53.4 cm³/mol. The molecule has 0 aliphatic heterocycles. The van der Waals surface area contributed by atoms with Gasteiger partial charge in [0.2, 0.25) is 0 Å². The number of ether oxygens (including phenoxy) is 1. The summed E-state index contributed by atoms with van der Waals surface area (Å²) in [5, 5.41) is 11.9. The van der Waals surface area contributed by atoms with Gasteiger partial charge in [0.05, 0.1) is 5.02 Å². The van der Waals surface area contributed by atoms with Crippen molar-refractivity contribution in [2.45, 2.75) is 0 Å². The molecule has 0 aromatic heterocycles. The molecule has 1 rings (SSSR count). The van der Waals surface area contributed by atoms with Gasteiger partial charge in [-0.1, -0.05) is 16.7 Å². The Labute approximate surface area is 89.7 Å². The number of carboxylic acid groups (broad SMARTS) is 1. The van der Waals surface area contributed by atoms with Crippen molar-refractivity contribution in [3.05, 3.63) is 33.7 Å². The number of carbonyl (C=O) groups is 1. The van der Waals surface area contributed by atoms with Crippen LogP contribution in [0.1, 0.15) is 0 Å². The van der Waals surface area contributed by atoms with Crippen LogP contribution in [-0.2, 0) is 4.79 Å². The molecule has 0 fully saturated rings. The van der Waals surface area contributed by atoms with Gasteiger partial charge in [-0.2, -0.15) is 0 Å². The highest BCUT2D eigenvalue weighted by Gasteiger charge is 2.04. The average molecular weight is 228 g/mol. The second-order valence-corrected chi connectivity index (χ2v) is 2.89. The predicted octanol–water partition coefficient (Wildman–Crippen LogP) is 2.75. The zero-order chi connectivity index (χ0) is 11.3. The lowest BCUT2D eigenvalue weighted by atomic mass is 10.3. The van der Waals surface area contributed by atoms with Crippen LogP contribution in [0.5, 0.6) is 5.75 Å². The van der Waals surface area contributed by atoms with Crippen LogP contribution in [0.3, 0.4) is 0 Å². The third-order valence-electron chi connectivity index (χ3n) is 1.43. The van der Waals surface area contributed by atoms with E-state index in [4.69, 9.17) is 27.0 Å². The Kier molecular flexibility index (Phi) is 3.79. The van der Waals surface area contributed by atoms with Crippen LogP contribution in [0, 0.1) is 0 Å². The standard InChI is InChI=1S/C8H6ClN3O3/c9-6-3-5(11-12-10)1-2-7(6)15-4-8(13)14/h1-3H,4H2,(H,13,14). The quantitative estimate of drug-likeness (QED) is 0.487. The molecule has 0 radical (unpaired) electrons. The molecule has 0 aliphatic carbocycles. The maximum atomic E-state index is 10.2. The molecular formula is C8H6ClN3O3. The molecule has 0 saturated heterocycles. The first-order valence-corrected chi connectivity index (χ1v) is 4.20. The molecular weight excluding hydrogens is 222 g/mol. The first kappa shape index (κ1) is 11.2. The van der Waals surface area contributed by atoms with E-state index in [0.717, 1.165) is 0 Å². The van der Waals surface area contributed by atoms with Crippen LogP contribution in [0.15, 0.2) is 23.3 Å². The van der Waals surface area contributed by atoms with Crippen molar-refractivity contribution in [3.63, 3.8) is 0 Å². The largest absolute Gasteiger partial charge is 0.480 e. The monoisotopic (exact) mass is 227 g/mol. The molecule has 1 aromatic carbocycles. The molecule has 0 atom stereocenters. The zero-order valence-electron chi connectivity index (χ0n) is 7.42. The van der Waals surface area contributed by atoms with E-state index < -0.39 is 12.6 Å². The van der Waals surface area contributed by atoms with Crippen LogP contribution in [0.25, 0.3) is 10.4 Å². The molecule has 1 N–H and O–H groups in total. The van der Waals surface area contributed by atoms with Gasteiger partial charge >= 0.3 is 5.97 Å². The number of halogens is 1. The highest BCUT2D eigenvalue weighted by atomic mass is 35.5. The minimum atomic E-state index is -1.09. The summed E-state index contributed by atoms with van der Waals surface area (Å²) in [5.74, 6) is -0.860. The number of benzene rings is 1. The van der Waals surface area contributed by atoms with Crippen molar-refractivity contribution in [1.82, 2.24) is 0 Å². The van der Waals surface area contributed by atoms with E-state index >= 15 is 0 Å². The number of rotatable bonds is 4. The third kappa shape index (κ3) is 3.38. The SMILES string of the molecule is [N-]=[N+]=Nc1ccc(OCC(=O)O)c(Cl)c1. The average Bonchev–Trinajstić information content (AvgIpc) is 2.17. The Balaban J connectivity index is 2.83. The molecule has 15 heavy (non-hydrogen) atoms. The molecule has 0 saturated carbocycles. The van der Waals surface area contributed by atoms with Gasteiger partial charge in [0.1, 0.15) is 5.75 Å². The van der Waals surface area contributed by atoms with Crippen LogP contribution in [-0.4, -0.2) is 17.7 Å². The lowest BCUT2D eigenvalue weighted by molar-refractivity contribution is -0.139. The Hall–Kier alpha value is -1.91. The topological polar surface area (TPSA) is 95.3 Å². The molecule has 0 aliphatic rings. The number of nitrogens with zero attached hydrogens (tertiary/aromatic N) is 3. The number of carboxylic acids is 1. The van der Waals surface area contributed by atoms with Gasteiger partial charge in [0.15, 0.2) is 6.61 Å². The summed E-state index contributed by atoms with van der Waals surface area (Å²) in [7, 11) is 0. The van der Waals surface area contributed by atoms with Gasteiger partial charge in [-0.15, -0.1) is 0 Å². The number of hydrogen-bond donors (Lipinski definition) is 1. The third-order valence-corrected chi connectivity index (χ3v) is 1.72. The summed E-state index contributed by atoms with van der Waals surface area (Å²) >= 11 is 5.75. The molecule has 6 nitrogen and oxygen atoms in total. The van der Waals surface area contributed by atoms with E-state index in [0.29, 0.717) is 5.69 Å². The smallest absolute Gasteiger partial charge is 0.341 e. The van der Waals surface area contributed by atoms with Gasteiger partial charge in [-0.3, -0.25) is 0 Å². The fourth-order valence-electron chi connectivity index (χ4n) is 0.860. The van der Waals surface area contributed by atoms with Crippen LogP contribution in [0.2, 0.25) is 5.02 Å². The van der Waals surface area contributed by atoms with Crippen LogP contribution >= 0.6 is 11.6 Å². The van der Waals surface area contributed by atoms with Crippen LogP contribution in [0.4, 0.5) is 5.69 Å². The van der Waals surface area contributed by atoms with Crippen molar-refractivity contribution >= 4 is 23.3 Å². The normalized spacial score (nSPS) is 9.13. The van der Waals surface area contributed by atoms with Gasteiger partial charge in [-0.25, -0.2) is 4.79 Å². The molecule has 0 bridgehead atoms. The fourth-order valence-corrected chi connectivity index (χ4v) is 1.09. The Morgan fingerprint density at radius 2 is 2.40 bits per heavy atom. The van der Waals surface area contributed by atoms with Crippen molar-refractivity contribution in [2.75, 3.05) is 6.61 Å². The second-order valence-electron chi connectivity index (χ2n) is 2.49. The maximum Gasteiger partial charge on any atom is 0.341 e. The van der Waals surface area contributed by atoms with E-state index in [1.54, 1.807) is 0 Å². The molecule has 0 amide bonds. The molecule has 0 spiro atoms. The van der Waals surface area contributed by atoms with E-state index in [9.17, 15) is 4.79 Å². The molecule has 1 aromatic rings. The van der Waals surface area contributed by atoms with Gasteiger partial charge in [0, 0.05) is 10.6 Å². The minimum absolute atomic E-state index is 0.196. The van der Waals surface area contributed by atoms with Crippen molar-refractivity contribution < 1.29 is 14.6 Å². The highest BCUT2D eigenvalue weighted by Crippen LogP contribution is 2.28. The summed E-state index contributed by atoms with van der Waals surface area (Å²) in [6.45, 7) is -0.472. The summed E-state index contributed by atoms with van der Waals surface area (Å²) in [5.41, 5.74) is 8.50. The second kappa shape index (κ2) is 5.09. The first-order chi connectivity index (χ1) is 7.13. The zero-order valence-corrected chi connectivity index (χ0v) is 8.18. The lowest BCUT2D eigenvalue weighted by Gasteiger charge is -2.05. The van der Waals surface area contributed by atoms with E-state index in [1.807, 2.05) is 0 Å². The summed E-state index contributed by atoms with van der Waals surface area (Å²) < 4.78 is 4.87. The Bertz CT molecular complexity index is 429. The molecule has 0 heterocycles. The van der Waals surface area contributed by atoms with Crippen molar-refractivity contribution in [3.8, 4) is 5.75 Å². The molecule has 0 unspecified atom stereocenters. The summed E-state index contributed by atoms with van der Waals surface area (Å²) in [6, 6.07) is 4.30. The Morgan fingerprint density at radius 3 is 2.93 bits per heavy atom. The Morgan fingerprint density at radius 1 is 1.67 bits per heavy atom. The maximum absolute atomic E-state index is 10.2. The first-order valence-electron chi connectivity index (χ1n) is 3.82. The van der Waals surface area contributed by atoms with E-state index in [1.165, 1.54) is 18.2 Å². The van der Waals surface area contributed by atoms with Gasteiger partial charge < -0.3 is 9.84 Å². The van der Waals surface area contributed by atoms with Gasteiger partial charge in [0.25, 0.3) is 0 Å². The summed E-state index contributed by atoms with van der Waals surface area (Å²) in [6.07, 6.45) is 0. The summed E-state index contributed by atoms with van der Waals surface area (Å²) in [4.78, 5) is 12.8. The molecule has 78 valence electrons. The fraction of sp³-hybridized carbons (Fsp3) is 0.125. The number of hydrogen-bond acceptors (Lipinski definition) is 3. The highest BCUT2D eigenvalue weighted by molar-refractivity contribution is 6.32. The lowest BCUT2D eigenvalue weighted by Crippen LogP contribution is -2.09. The number of aliphatic carboxylic acids is 1. The molecule has 7 heteroatoms. The van der Waals surface area contributed by atoms with E-state index in [2.05, 4.69) is 10.0 Å². The van der Waals surface area contributed by atoms with E-state index in [-0.39, 0.29) is 10.8 Å². The van der Waals surface area contributed by atoms with Crippen molar-refractivity contribution in [2.24, 2.45) is 5.11 Å². The van der Waals surface area contributed by atoms with Gasteiger partial charge in [-0.05, 0) is 23.7 Å². The minimum Gasteiger partial charge on any atom is -0.480 e. The van der Waals surface area contributed by atoms with Crippen molar-refractivity contribution in [1.29, 1.82) is 0 Å². The number of azide groups is 1.